The van der Waals surface area contributed by atoms with E-state index in [4.69, 9.17) is 8.92 Å². The third-order valence-electron chi connectivity index (χ3n) is 2.90. The van der Waals surface area contributed by atoms with Crippen LogP contribution in [0.5, 0.6) is 0 Å². The van der Waals surface area contributed by atoms with Gasteiger partial charge in [0, 0.05) is 18.5 Å². The van der Waals surface area contributed by atoms with E-state index in [1.807, 2.05) is 0 Å². The molecule has 0 bridgehead atoms. The van der Waals surface area contributed by atoms with E-state index in [2.05, 4.69) is 5.32 Å². The molecule has 1 unspecified atom stereocenters. The first-order valence-corrected chi connectivity index (χ1v) is 6.24. The minimum atomic E-state index is -3.42. The van der Waals surface area contributed by atoms with Gasteiger partial charge in [-0.3, -0.25) is 4.18 Å². The van der Waals surface area contributed by atoms with E-state index in [-0.39, 0.29) is 12.0 Å². The quantitative estimate of drug-likeness (QED) is 0.641. The SMILES string of the molecule is CCOS(=O)(=O)C1CNCC12COC2. The highest BCUT2D eigenvalue weighted by molar-refractivity contribution is 7.87. The smallest absolute Gasteiger partial charge is 0.272 e. The second-order valence-corrected chi connectivity index (χ2v) is 5.66. The summed E-state index contributed by atoms with van der Waals surface area (Å²) in [5.41, 5.74) is -0.228. The molecule has 2 rings (SSSR count). The average Bonchev–Trinajstić information content (AvgIpc) is 2.46. The fourth-order valence-corrected chi connectivity index (χ4v) is 3.74. The highest BCUT2D eigenvalue weighted by Crippen LogP contribution is 2.38. The van der Waals surface area contributed by atoms with Crippen LogP contribution < -0.4 is 5.32 Å². The molecule has 0 aromatic rings. The predicted octanol–water partition coefficient (Wildman–Crippen LogP) is -0.659. The van der Waals surface area contributed by atoms with Crippen LogP contribution in [-0.2, 0) is 19.0 Å². The molecule has 5 nitrogen and oxygen atoms in total. The summed E-state index contributed by atoms with van der Waals surface area (Å²) in [4.78, 5) is 0. The summed E-state index contributed by atoms with van der Waals surface area (Å²) in [5, 5.41) is 2.65. The van der Waals surface area contributed by atoms with Crippen LogP contribution in [0, 0.1) is 5.41 Å². The molecule has 14 heavy (non-hydrogen) atoms. The Labute approximate surface area is 83.9 Å². The molecule has 0 saturated carbocycles. The van der Waals surface area contributed by atoms with Crippen molar-refractivity contribution in [1.29, 1.82) is 0 Å². The van der Waals surface area contributed by atoms with Crippen LogP contribution in [-0.4, -0.2) is 46.6 Å². The molecule has 2 aliphatic heterocycles. The summed E-state index contributed by atoms with van der Waals surface area (Å²) >= 11 is 0. The zero-order valence-corrected chi connectivity index (χ0v) is 8.97. The molecule has 0 aromatic heterocycles. The summed E-state index contributed by atoms with van der Waals surface area (Å²) in [6.07, 6.45) is 0. The zero-order chi connectivity index (χ0) is 10.2. The molecule has 2 aliphatic rings. The van der Waals surface area contributed by atoms with Gasteiger partial charge in [0.2, 0.25) is 0 Å². The van der Waals surface area contributed by atoms with Crippen molar-refractivity contribution in [3.63, 3.8) is 0 Å². The van der Waals surface area contributed by atoms with Crippen molar-refractivity contribution in [1.82, 2.24) is 5.32 Å². The van der Waals surface area contributed by atoms with Gasteiger partial charge in [-0.2, -0.15) is 8.42 Å². The lowest BCUT2D eigenvalue weighted by molar-refractivity contribution is -0.0984. The Bertz CT molecular complexity index is 309. The summed E-state index contributed by atoms with van der Waals surface area (Å²) in [6.45, 7) is 4.13. The summed E-state index contributed by atoms with van der Waals surface area (Å²) in [6, 6.07) is 0. The lowest BCUT2D eigenvalue weighted by atomic mass is 9.85. The Morgan fingerprint density at radius 2 is 2.29 bits per heavy atom. The van der Waals surface area contributed by atoms with Crippen molar-refractivity contribution < 1.29 is 17.3 Å². The van der Waals surface area contributed by atoms with Crippen molar-refractivity contribution in [3.8, 4) is 0 Å². The number of hydrogen-bond donors (Lipinski definition) is 1. The molecule has 0 aromatic carbocycles. The molecule has 1 spiro atoms. The molecule has 6 heteroatoms. The first kappa shape index (κ1) is 10.4. The van der Waals surface area contributed by atoms with Crippen LogP contribution in [0.2, 0.25) is 0 Å². The monoisotopic (exact) mass is 221 g/mol. The summed E-state index contributed by atoms with van der Waals surface area (Å²) < 4.78 is 33.4. The predicted molar refractivity (Wildman–Crippen MR) is 50.5 cm³/mol. The van der Waals surface area contributed by atoms with Gasteiger partial charge in [-0.05, 0) is 6.92 Å². The molecular formula is C8H15NO4S. The number of nitrogens with one attached hydrogen (secondary N) is 1. The van der Waals surface area contributed by atoms with Gasteiger partial charge in [0.25, 0.3) is 10.1 Å². The molecule has 0 aliphatic carbocycles. The highest BCUT2D eigenvalue weighted by Gasteiger charge is 2.55. The largest absolute Gasteiger partial charge is 0.380 e. The van der Waals surface area contributed by atoms with Crippen LogP contribution in [0.1, 0.15) is 6.92 Å². The first-order valence-electron chi connectivity index (χ1n) is 4.77. The minimum absolute atomic E-state index is 0.204. The van der Waals surface area contributed by atoms with Gasteiger partial charge >= 0.3 is 0 Å². The van der Waals surface area contributed by atoms with Crippen LogP contribution >= 0.6 is 0 Å². The lowest BCUT2D eigenvalue weighted by Crippen LogP contribution is -2.54. The van der Waals surface area contributed by atoms with E-state index >= 15 is 0 Å². The first-order chi connectivity index (χ1) is 6.61. The van der Waals surface area contributed by atoms with E-state index < -0.39 is 15.4 Å². The molecule has 2 saturated heterocycles. The van der Waals surface area contributed by atoms with Crippen molar-refractivity contribution in [2.24, 2.45) is 5.41 Å². The van der Waals surface area contributed by atoms with Crippen LogP contribution in [0.3, 0.4) is 0 Å². The molecule has 0 amide bonds. The van der Waals surface area contributed by atoms with Crippen molar-refractivity contribution in [3.05, 3.63) is 0 Å². The van der Waals surface area contributed by atoms with Gasteiger partial charge in [-0.25, -0.2) is 0 Å². The Hall–Kier alpha value is -0.170. The van der Waals surface area contributed by atoms with E-state index in [9.17, 15) is 8.42 Å². The van der Waals surface area contributed by atoms with Gasteiger partial charge in [-0.1, -0.05) is 0 Å². The van der Waals surface area contributed by atoms with E-state index in [0.29, 0.717) is 26.3 Å². The van der Waals surface area contributed by atoms with Crippen molar-refractivity contribution in [2.75, 3.05) is 32.9 Å². The topological polar surface area (TPSA) is 64.6 Å². The van der Waals surface area contributed by atoms with Crippen molar-refractivity contribution >= 4 is 10.1 Å². The highest BCUT2D eigenvalue weighted by atomic mass is 32.2. The Morgan fingerprint density at radius 1 is 1.57 bits per heavy atom. The maximum atomic E-state index is 11.7. The van der Waals surface area contributed by atoms with Crippen molar-refractivity contribution in [2.45, 2.75) is 12.2 Å². The van der Waals surface area contributed by atoms with E-state index in [1.54, 1.807) is 6.92 Å². The molecule has 2 fully saturated rings. The third-order valence-corrected chi connectivity index (χ3v) is 4.83. The molecule has 2 heterocycles. The normalized spacial score (nSPS) is 30.5. The maximum absolute atomic E-state index is 11.7. The standard InChI is InChI=1S/C8H15NO4S/c1-2-13-14(10,11)7-3-9-4-8(7)5-12-6-8/h7,9H,2-6H2,1H3. The number of hydrogen-bond acceptors (Lipinski definition) is 5. The lowest BCUT2D eigenvalue weighted by Gasteiger charge is -2.41. The van der Waals surface area contributed by atoms with Gasteiger partial charge in [0.15, 0.2) is 0 Å². The van der Waals surface area contributed by atoms with E-state index in [1.165, 1.54) is 0 Å². The summed E-state index contributed by atoms with van der Waals surface area (Å²) in [5.74, 6) is 0. The Morgan fingerprint density at radius 3 is 2.79 bits per heavy atom. The molecule has 82 valence electrons. The fraction of sp³-hybridized carbons (Fsp3) is 1.00. The zero-order valence-electron chi connectivity index (χ0n) is 8.15. The van der Waals surface area contributed by atoms with Crippen LogP contribution in [0.4, 0.5) is 0 Å². The Balaban J connectivity index is 2.17. The van der Waals surface area contributed by atoms with Gasteiger partial charge in [0.05, 0.1) is 19.8 Å². The molecule has 1 atom stereocenters. The molecule has 1 N–H and O–H groups in total. The summed E-state index contributed by atoms with van der Waals surface area (Å²) in [7, 11) is -3.42. The van der Waals surface area contributed by atoms with E-state index in [0.717, 1.165) is 0 Å². The Kier molecular flexibility index (Phi) is 2.55. The van der Waals surface area contributed by atoms with Gasteiger partial charge in [-0.15, -0.1) is 0 Å². The average molecular weight is 221 g/mol. The van der Waals surface area contributed by atoms with Crippen LogP contribution in [0.25, 0.3) is 0 Å². The molecular weight excluding hydrogens is 206 g/mol. The molecule has 0 radical (unpaired) electrons. The third kappa shape index (κ3) is 1.46. The second kappa shape index (κ2) is 3.44. The van der Waals surface area contributed by atoms with Crippen LogP contribution in [0.15, 0.2) is 0 Å². The number of rotatable bonds is 3. The minimum Gasteiger partial charge on any atom is -0.380 e. The number of ether oxygens (including phenoxy) is 1. The van der Waals surface area contributed by atoms with Gasteiger partial charge in [0.1, 0.15) is 5.25 Å². The van der Waals surface area contributed by atoms with Gasteiger partial charge < -0.3 is 10.1 Å². The second-order valence-electron chi connectivity index (χ2n) is 3.87. The maximum Gasteiger partial charge on any atom is 0.272 e. The fourth-order valence-electron chi connectivity index (χ4n) is 2.09.